The highest BCUT2D eigenvalue weighted by Crippen LogP contribution is 2.11. The molecular formula is C15H21BrN2O. The normalized spacial score (nSPS) is 17.4. The van der Waals surface area contributed by atoms with Crippen molar-refractivity contribution in [3.63, 3.8) is 0 Å². The number of rotatable bonds is 5. The topological polar surface area (TPSA) is 32.3 Å². The van der Waals surface area contributed by atoms with Crippen molar-refractivity contribution in [1.82, 2.24) is 10.2 Å². The van der Waals surface area contributed by atoms with Crippen molar-refractivity contribution in [1.29, 1.82) is 0 Å². The highest BCUT2D eigenvalue weighted by atomic mass is 79.9. The van der Waals surface area contributed by atoms with E-state index >= 15 is 0 Å². The van der Waals surface area contributed by atoms with Crippen LogP contribution in [-0.4, -0.2) is 36.5 Å². The van der Waals surface area contributed by atoms with Gasteiger partial charge in [-0.1, -0.05) is 28.1 Å². The van der Waals surface area contributed by atoms with Crippen LogP contribution in [0.1, 0.15) is 35.7 Å². The molecule has 4 heteroatoms. The summed E-state index contributed by atoms with van der Waals surface area (Å²) >= 11 is 3.40. The van der Waals surface area contributed by atoms with E-state index in [1.165, 1.54) is 18.4 Å². The number of carbonyl (C=O) groups is 1. The lowest BCUT2D eigenvalue weighted by Crippen LogP contribution is -2.40. The summed E-state index contributed by atoms with van der Waals surface area (Å²) in [6, 6.07) is 8.15. The Morgan fingerprint density at radius 2 is 1.95 bits per heavy atom. The van der Waals surface area contributed by atoms with Gasteiger partial charge in [-0.2, -0.15) is 0 Å². The molecule has 1 amide bonds. The van der Waals surface area contributed by atoms with E-state index in [4.69, 9.17) is 0 Å². The molecule has 1 aromatic carbocycles. The van der Waals surface area contributed by atoms with Crippen LogP contribution in [0.3, 0.4) is 0 Å². The molecule has 1 aliphatic rings. The summed E-state index contributed by atoms with van der Waals surface area (Å²) in [4.78, 5) is 14.5. The maximum Gasteiger partial charge on any atom is 0.251 e. The minimum Gasteiger partial charge on any atom is -0.350 e. The van der Waals surface area contributed by atoms with Crippen LogP contribution in [0.2, 0.25) is 0 Å². The summed E-state index contributed by atoms with van der Waals surface area (Å²) in [7, 11) is 0. The SMILES string of the molecule is CC(CNC(=O)c1ccc(CBr)cc1)N1CCCC1. The molecule has 1 heterocycles. The van der Waals surface area contributed by atoms with Crippen LogP contribution in [0.4, 0.5) is 0 Å². The third kappa shape index (κ3) is 4.05. The van der Waals surface area contributed by atoms with Crippen molar-refractivity contribution >= 4 is 21.8 Å². The van der Waals surface area contributed by atoms with Crippen molar-refractivity contribution < 1.29 is 4.79 Å². The van der Waals surface area contributed by atoms with Gasteiger partial charge < -0.3 is 5.32 Å². The first kappa shape index (κ1) is 14.5. The Morgan fingerprint density at radius 3 is 2.53 bits per heavy atom. The second kappa shape index (κ2) is 7.06. The first-order valence-corrected chi connectivity index (χ1v) is 8.00. The molecule has 1 saturated heterocycles. The van der Waals surface area contributed by atoms with Gasteiger partial charge in [-0.05, 0) is 50.6 Å². The van der Waals surface area contributed by atoms with Crippen molar-refractivity contribution in [3.8, 4) is 0 Å². The molecular weight excluding hydrogens is 304 g/mol. The minimum absolute atomic E-state index is 0.0205. The van der Waals surface area contributed by atoms with Crippen molar-refractivity contribution in [2.75, 3.05) is 19.6 Å². The quantitative estimate of drug-likeness (QED) is 0.845. The van der Waals surface area contributed by atoms with Crippen molar-refractivity contribution in [2.24, 2.45) is 0 Å². The highest BCUT2D eigenvalue weighted by molar-refractivity contribution is 9.08. The zero-order valence-electron chi connectivity index (χ0n) is 11.4. The number of nitrogens with zero attached hydrogens (tertiary/aromatic N) is 1. The molecule has 1 aromatic rings. The average Bonchev–Trinajstić information content (AvgIpc) is 2.98. The van der Waals surface area contributed by atoms with E-state index < -0.39 is 0 Å². The molecule has 19 heavy (non-hydrogen) atoms. The molecule has 0 bridgehead atoms. The molecule has 1 aliphatic heterocycles. The molecule has 0 radical (unpaired) electrons. The molecule has 1 atom stereocenters. The number of hydrogen-bond donors (Lipinski definition) is 1. The number of hydrogen-bond acceptors (Lipinski definition) is 2. The third-order valence-electron chi connectivity index (χ3n) is 3.69. The van der Waals surface area contributed by atoms with E-state index in [-0.39, 0.29) is 5.91 Å². The number of benzene rings is 1. The lowest BCUT2D eigenvalue weighted by atomic mass is 10.1. The van der Waals surface area contributed by atoms with Crippen LogP contribution < -0.4 is 5.32 Å². The van der Waals surface area contributed by atoms with Gasteiger partial charge >= 0.3 is 0 Å². The number of alkyl halides is 1. The summed E-state index contributed by atoms with van der Waals surface area (Å²) < 4.78 is 0. The van der Waals surface area contributed by atoms with Crippen molar-refractivity contribution in [2.45, 2.75) is 31.1 Å². The van der Waals surface area contributed by atoms with Crippen LogP contribution in [-0.2, 0) is 5.33 Å². The number of nitrogens with one attached hydrogen (secondary N) is 1. The molecule has 1 unspecified atom stereocenters. The fraction of sp³-hybridized carbons (Fsp3) is 0.533. The Bertz CT molecular complexity index is 413. The van der Waals surface area contributed by atoms with E-state index in [2.05, 4.69) is 33.1 Å². The van der Waals surface area contributed by atoms with E-state index in [9.17, 15) is 4.79 Å². The molecule has 1 fully saturated rings. The number of amides is 1. The summed E-state index contributed by atoms with van der Waals surface area (Å²) in [6.07, 6.45) is 2.57. The van der Waals surface area contributed by atoms with Gasteiger partial charge in [0, 0.05) is 23.5 Å². The molecule has 3 nitrogen and oxygen atoms in total. The maximum absolute atomic E-state index is 12.0. The second-order valence-electron chi connectivity index (χ2n) is 5.13. The summed E-state index contributed by atoms with van der Waals surface area (Å²) in [5.74, 6) is 0.0205. The Balaban J connectivity index is 1.82. The smallest absolute Gasteiger partial charge is 0.251 e. The van der Waals surface area contributed by atoms with E-state index in [1.54, 1.807) is 0 Å². The van der Waals surface area contributed by atoms with Crippen LogP contribution in [0.5, 0.6) is 0 Å². The first-order chi connectivity index (χ1) is 9.20. The first-order valence-electron chi connectivity index (χ1n) is 6.88. The predicted molar refractivity (Wildman–Crippen MR) is 81.7 cm³/mol. The number of halogens is 1. The Labute approximate surface area is 123 Å². The van der Waals surface area contributed by atoms with Crippen molar-refractivity contribution in [3.05, 3.63) is 35.4 Å². The Kier molecular flexibility index (Phi) is 5.40. The number of likely N-dealkylation sites (tertiary alicyclic amines) is 1. The van der Waals surface area contributed by atoms with Gasteiger partial charge in [0.15, 0.2) is 0 Å². The minimum atomic E-state index is 0.0205. The Morgan fingerprint density at radius 1 is 1.32 bits per heavy atom. The molecule has 2 rings (SSSR count). The second-order valence-corrected chi connectivity index (χ2v) is 5.69. The van der Waals surface area contributed by atoms with Crippen LogP contribution in [0.15, 0.2) is 24.3 Å². The lowest BCUT2D eigenvalue weighted by molar-refractivity contribution is 0.0940. The molecule has 0 aromatic heterocycles. The maximum atomic E-state index is 12.0. The van der Waals surface area contributed by atoms with Crippen LogP contribution >= 0.6 is 15.9 Å². The molecule has 104 valence electrons. The van der Waals surface area contributed by atoms with Gasteiger partial charge in [0.25, 0.3) is 5.91 Å². The molecule has 1 N–H and O–H groups in total. The average molecular weight is 325 g/mol. The Hall–Kier alpha value is -0.870. The summed E-state index contributed by atoms with van der Waals surface area (Å²) in [5, 5.41) is 3.84. The standard InChI is InChI=1S/C15H21BrN2O/c1-12(18-8-2-3-9-18)11-17-15(19)14-6-4-13(10-16)5-7-14/h4-7,12H,2-3,8-11H2,1H3,(H,17,19). The predicted octanol–water partition coefficient (Wildman–Crippen LogP) is 2.80. The fourth-order valence-electron chi connectivity index (χ4n) is 2.40. The van der Waals surface area contributed by atoms with Gasteiger partial charge in [0.05, 0.1) is 0 Å². The summed E-state index contributed by atoms with van der Waals surface area (Å²) in [6.45, 7) is 5.23. The molecule has 0 aliphatic carbocycles. The van der Waals surface area contributed by atoms with E-state index in [0.29, 0.717) is 6.04 Å². The van der Waals surface area contributed by atoms with Gasteiger partial charge in [0.1, 0.15) is 0 Å². The highest BCUT2D eigenvalue weighted by Gasteiger charge is 2.18. The van der Waals surface area contributed by atoms with Crippen LogP contribution in [0.25, 0.3) is 0 Å². The largest absolute Gasteiger partial charge is 0.350 e. The fourth-order valence-corrected chi connectivity index (χ4v) is 2.77. The van der Waals surface area contributed by atoms with Gasteiger partial charge in [0.2, 0.25) is 0 Å². The lowest BCUT2D eigenvalue weighted by Gasteiger charge is -2.23. The molecule has 0 saturated carbocycles. The summed E-state index contributed by atoms with van der Waals surface area (Å²) in [5.41, 5.74) is 1.92. The van der Waals surface area contributed by atoms with Gasteiger partial charge in [-0.15, -0.1) is 0 Å². The zero-order valence-corrected chi connectivity index (χ0v) is 12.9. The van der Waals surface area contributed by atoms with E-state index in [0.717, 1.165) is 30.5 Å². The zero-order chi connectivity index (χ0) is 13.7. The van der Waals surface area contributed by atoms with E-state index in [1.807, 2.05) is 24.3 Å². The molecule has 0 spiro atoms. The van der Waals surface area contributed by atoms with Gasteiger partial charge in [-0.3, -0.25) is 9.69 Å². The van der Waals surface area contributed by atoms with Crippen LogP contribution in [0, 0.1) is 0 Å². The van der Waals surface area contributed by atoms with Gasteiger partial charge in [-0.25, -0.2) is 0 Å². The third-order valence-corrected chi connectivity index (χ3v) is 4.34. The number of carbonyl (C=O) groups excluding carboxylic acids is 1. The monoisotopic (exact) mass is 324 g/mol.